The molecule has 1 rings (SSSR count). The summed E-state index contributed by atoms with van der Waals surface area (Å²) in [5.74, 6) is 0.427. The molecule has 4 heteroatoms. The van der Waals surface area contributed by atoms with E-state index in [0.29, 0.717) is 18.9 Å². The molecule has 0 aliphatic heterocycles. The lowest BCUT2D eigenvalue weighted by Crippen LogP contribution is -2.16. The number of aromatic nitrogens is 1. The molecule has 0 bridgehead atoms. The van der Waals surface area contributed by atoms with Gasteiger partial charge in [-0.05, 0) is 37.9 Å². The van der Waals surface area contributed by atoms with E-state index in [9.17, 15) is 4.79 Å². The van der Waals surface area contributed by atoms with E-state index >= 15 is 0 Å². The van der Waals surface area contributed by atoms with Crippen LogP contribution in [0.3, 0.4) is 0 Å². The van der Waals surface area contributed by atoms with Gasteiger partial charge in [0.15, 0.2) is 0 Å². The number of hydrogen-bond donors (Lipinski definition) is 2. The third-order valence-electron chi connectivity index (χ3n) is 2.45. The predicted molar refractivity (Wildman–Crippen MR) is 65.1 cm³/mol. The van der Waals surface area contributed by atoms with E-state index in [4.69, 9.17) is 5.73 Å². The molecule has 0 saturated carbocycles. The highest BCUT2D eigenvalue weighted by Crippen LogP contribution is 2.09. The standard InChI is InChI=1S/C12H19N3O/c1-9(8-13)3-4-12(16)15-11-5-6-14-10(2)7-11/h5-7,9H,3-4,8,13H2,1-2H3,(H,14,15,16). The van der Waals surface area contributed by atoms with Gasteiger partial charge >= 0.3 is 0 Å². The molecule has 0 aliphatic carbocycles. The van der Waals surface area contributed by atoms with Crippen molar-refractivity contribution in [3.63, 3.8) is 0 Å². The van der Waals surface area contributed by atoms with Crippen LogP contribution in [0.25, 0.3) is 0 Å². The summed E-state index contributed by atoms with van der Waals surface area (Å²) in [6.07, 6.45) is 3.03. The molecule has 16 heavy (non-hydrogen) atoms. The summed E-state index contributed by atoms with van der Waals surface area (Å²) in [6, 6.07) is 3.64. The van der Waals surface area contributed by atoms with Crippen LogP contribution in [0.1, 0.15) is 25.5 Å². The first kappa shape index (κ1) is 12.6. The number of nitrogens with zero attached hydrogens (tertiary/aromatic N) is 1. The summed E-state index contributed by atoms with van der Waals surface area (Å²) in [6.45, 7) is 4.57. The predicted octanol–water partition coefficient (Wildman–Crippen LogP) is 1.70. The number of nitrogens with two attached hydrogens (primary N) is 1. The van der Waals surface area contributed by atoms with Gasteiger partial charge in [0.2, 0.25) is 5.91 Å². The second kappa shape index (κ2) is 6.23. The summed E-state index contributed by atoms with van der Waals surface area (Å²) in [7, 11) is 0. The van der Waals surface area contributed by atoms with Crippen LogP contribution >= 0.6 is 0 Å². The van der Waals surface area contributed by atoms with E-state index in [2.05, 4.69) is 10.3 Å². The largest absolute Gasteiger partial charge is 0.330 e. The van der Waals surface area contributed by atoms with E-state index < -0.39 is 0 Å². The van der Waals surface area contributed by atoms with Crippen molar-refractivity contribution in [2.24, 2.45) is 11.7 Å². The van der Waals surface area contributed by atoms with Crippen LogP contribution in [0.15, 0.2) is 18.3 Å². The quantitative estimate of drug-likeness (QED) is 0.795. The van der Waals surface area contributed by atoms with Crippen molar-refractivity contribution in [3.05, 3.63) is 24.0 Å². The van der Waals surface area contributed by atoms with Crippen molar-refractivity contribution in [1.82, 2.24) is 4.98 Å². The number of rotatable bonds is 5. The fraction of sp³-hybridized carbons (Fsp3) is 0.500. The van der Waals surface area contributed by atoms with Gasteiger partial charge in [0.05, 0.1) is 0 Å². The Hall–Kier alpha value is -1.42. The highest BCUT2D eigenvalue weighted by molar-refractivity contribution is 5.90. The average molecular weight is 221 g/mol. The summed E-state index contributed by atoms with van der Waals surface area (Å²) < 4.78 is 0. The van der Waals surface area contributed by atoms with Crippen molar-refractivity contribution in [1.29, 1.82) is 0 Å². The fourth-order valence-corrected chi connectivity index (χ4v) is 1.34. The zero-order valence-electron chi connectivity index (χ0n) is 9.86. The summed E-state index contributed by atoms with van der Waals surface area (Å²) in [5, 5.41) is 2.84. The highest BCUT2D eigenvalue weighted by atomic mass is 16.1. The summed E-state index contributed by atoms with van der Waals surface area (Å²) in [5.41, 5.74) is 7.19. The Kier molecular flexibility index (Phi) is 4.92. The molecule has 0 aromatic carbocycles. The van der Waals surface area contributed by atoms with E-state index in [-0.39, 0.29) is 5.91 Å². The fourth-order valence-electron chi connectivity index (χ4n) is 1.34. The van der Waals surface area contributed by atoms with Crippen LogP contribution in [0.4, 0.5) is 5.69 Å². The van der Waals surface area contributed by atoms with Crippen LogP contribution < -0.4 is 11.1 Å². The number of hydrogen-bond acceptors (Lipinski definition) is 3. The van der Waals surface area contributed by atoms with Gasteiger partial charge in [0.1, 0.15) is 0 Å². The minimum atomic E-state index is 0.0332. The Morgan fingerprint density at radius 1 is 1.62 bits per heavy atom. The zero-order chi connectivity index (χ0) is 12.0. The molecule has 3 N–H and O–H groups in total. The number of anilines is 1. The Morgan fingerprint density at radius 3 is 3.00 bits per heavy atom. The second-order valence-corrected chi connectivity index (χ2v) is 4.11. The van der Waals surface area contributed by atoms with Crippen LogP contribution in [0.5, 0.6) is 0 Å². The normalized spacial score (nSPS) is 12.2. The maximum atomic E-state index is 11.6. The van der Waals surface area contributed by atoms with E-state index in [1.165, 1.54) is 0 Å². The summed E-state index contributed by atoms with van der Waals surface area (Å²) in [4.78, 5) is 15.6. The van der Waals surface area contributed by atoms with Crippen LogP contribution in [-0.4, -0.2) is 17.4 Å². The molecule has 1 atom stereocenters. The van der Waals surface area contributed by atoms with E-state index in [1.54, 1.807) is 12.3 Å². The molecule has 1 heterocycles. The maximum Gasteiger partial charge on any atom is 0.224 e. The number of carbonyl (C=O) groups excluding carboxylic acids is 1. The maximum absolute atomic E-state index is 11.6. The molecule has 4 nitrogen and oxygen atoms in total. The van der Waals surface area contributed by atoms with Gasteiger partial charge in [0.25, 0.3) is 0 Å². The molecule has 88 valence electrons. The number of amides is 1. The first-order chi connectivity index (χ1) is 7.61. The van der Waals surface area contributed by atoms with Crippen LogP contribution in [0.2, 0.25) is 0 Å². The molecule has 0 saturated heterocycles. The van der Waals surface area contributed by atoms with E-state index in [1.807, 2.05) is 19.9 Å². The molecule has 0 aliphatic rings. The van der Waals surface area contributed by atoms with Gasteiger partial charge in [-0.2, -0.15) is 0 Å². The van der Waals surface area contributed by atoms with Gasteiger partial charge in [0, 0.05) is 24.0 Å². The first-order valence-electron chi connectivity index (χ1n) is 5.54. The molecule has 0 spiro atoms. The van der Waals surface area contributed by atoms with Crippen molar-refractivity contribution in [2.75, 3.05) is 11.9 Å². The highest BCUT2D eigenvalue weighted by Gasteiger charge is 2.05. The lowest BCUT2D eigenvalue weighted by molar-refractivity contribution is -0.116. The Morgan fingerprint density at radius 2 is 2.38 bits per heavy atom. The number of pyridine rings is 1. The van der Waals surface area contributed by atoms with Crippen molar-refractivity contribution in [3.8, 4) is 0 Å². The molecular formula is C12H19N3O. The number of nitrogens with one attached hydrogen (secondary N) is 1. The van der Waals surface area contributed by atoms with Gasteiger partial charge in [-0.25, -0.2) is 0 Å². The Labute approximate surface area is 96.3 Å². The zero-order valence-corrected chi connectivity index (χ0v) is 9.86. The Bertz CT molecular complexity index is 352. The SMILES string of the molecule is Cc1cc(NC(=O)CCC(C)CN)ccn1. The average Bonchev–Trinajstić information content (AvgIpc) is 2.26. The van der Waals surface area contributed by atoms with Gasteiger partial charge in [-0.3, -0.25) is 9.78 Å². The van der Waals surface area contributed by atoms with Gasteiger partial charge < -0.3 is 11.1 Å². The molecule has 1 aromatic heterocycles. The van der Waals surface area contributed by atoms with Crippen molar-refractivity contribution in [2.45, 2.75) is 26.7 Å². The van der Waals surface area contributed by atoms with Crippen LogP contribution in [-0.2, 0) is 4.79 Å². The van der Waals surface area contributed by atoms with E-state index in [0.717, 1.165) is 17.8 Å². The monoisotopic (exact) mass is 221 g/mol. The van der Waals surface area contributed by atoms with Crippen molar-refractivity contribution >= 4 is 11.6 Å². The lowest BCUT2D eigenvalue weighted by Gasteiger charge is -2.08. The Balaban J connectivity index is 2.40. The number of carbonyl (C=O) groups is 1. The third-order valence-corrected chi connectivity index (χ3v) is 2.45. The second-order valence-electron chi connectivity index (χ2n) is 4.11. The minimum absolute atomic E-state index is 0.0332. The first-order valence-corrected chi connectivity index (χ1v) is 5.54. The third kappa shape index (κ3) is 4.40. The molecule has 1 unspecified atom stereocenters. The van der Waals surface area contributed by atoms with Crippen LogP contribution in [0, 0.1) is 12.8 Å². The summed E-state index contributed by atoms with van der Waals surface area (Å²) >= 11 is 0. The molecule has 1 amide bonds. The topological polar surface area (TPSA) is 68.0 Å². The lowest BCUT2D eigenvalue weighted by atomic mass is 10.1. The molecular weight excluding hydrogens is 202 g/mol. The molecule has 1 aromatic rings. The van der Waals surface area contributed by atoms with Gasteiger partial charge in [-0.15, -0.1) is 0 Å². The molecule has 0 fully saturated rings. The minimum Gasteiger partial charge on any atom is -0.330 e. The number of aryl methyl sites for hydroxylation is 1. The smallest absolute Gasteiger partial charge is 0.224 e. The molecule has 0 radical (unpaired) electrons. The van der Waals surface area contributed by atoms with Gasteiger partial charge in [-0.1, -0.05) is 6.92 Å². The van der Waals surface area contributed by atoms with Crippen molar-refractivity contribution < 1.29 is 4.79 Å².